The number of nitrogens with one attached hydrogen (secondary N) is 2. The first-order chi connectivity index (χ1) is 14.7. The number of carbonyl (C=O) groups is 1. The highest BCUT2D eigenvalue weighted by molar-refractivity contribution is 7.71. The van der Waals surface area contributed by atoms with Crippen molar-refractivity contribution < 1.29 is 9.53 Å². The SMILES string of the molecule is Cc1cccc(-c2n[nH]c(=S)n2CCC(=O)NCCOc2ccc(C(C)(C)C)cc2)c1. The molecule has 0 saturated heterocycles. The van der Waals surface area contributed by atoms with Gasteiger partial charge >= 0.3 is 0 Å². The topological polar surface area (TPSA) is 71.9 Å². The van der Waals surface area contributed by atoms with Crippen molar-refractivity contribution in [1.29, 1.82) is 0 Å². The van der Waals surface area contributed by atoms with Crippen LogP contribution in [0.4, 0.5) is 0 Å². The molecule has 0 unspecified atom stereocenters. The fourth-order valence-electron chi connectivity index (χ4n) is 3.24. The van der Waals surface area contributed by atoms with E-state index in [1.54, 1.807) is 0 Å². The number of hydrogen-bond donors (Lipinski definition) is 2. The Morgan fingerprint density at radius 1 is 1.19 bits per heavy atom. The van der Waals surface area contributed by atoms with Gasteiger partial charge in [0.1, 0.15) is 12.4 Å². The highest BCUT2D eigenvalue weighted by Gasteiger charge is 2.13. The van der Waals surface area contributed by atoms with Crippen LogP contribution in [0.3, 0.4) is 0 Å². The number of benzene rings is 2. The van der Waals surface area contributed by atoms with Crippen LogP contribution >= 0.6 is 12.2 Å². The zero-order valence-electron chi connectivity index (χ0n) is 18.6. The average Bonchev–Trinajstić information content (AvgIpc) is 3.10. The fourth-order valence-corrected chi connectivity index (χ4v) is 3.47. The van der Waals surface area contributed by atoms with Crippen LogP contribution in [0.2, 0.25) is 0 Å². The molecule has 7 heteroatoms. The van der Waals surface area contributed by atoms with E-state index in [1.807, 2.05) is 47.9 Å². The number of ether oxygens (including phenoxy) is 1. The van der Waals surface area contributed by atoms with Crippen molar-refractivity contribution in [2.24, 2.45) is 0 Å². The Kier molecular flexibility index (Phi) is 7.28. The minimum absolute atomic E-state index is 0.0510. The number of aryl methyl sites for hydroxylation is 1. The van der Waals surface area contributed by atoms with E-state index in [4.69, 9.17) is 17.0 Å². The Balaban J connectivity index is 1.46. The van der Waals surface area contributed by atoms with Gasteiger partial charge in [0.2, 0.25) is 5.91 Å². The Morgan fingerprint density at radius 3 is 2.61 bits per heavy atom. The molecule has 0 aliphatic carbocycles. The van der Waals surface area contributed by atoms with E-state index >= 15 is 0 Å². The van der Waals surface area contributed by atoms with Crippen molar-refractivity contribution in [3.05, 3.63) is 64.4 Å². The molecule has 3 aromatic rings. The van der Waals surface area contributed by atoms with Crippen LogP contribution in [0.5, 0.6) is 5.75 Å². The maximum atomic E-state index is 12.3. The lowest BCUT2D eigenvalue weighted by molar-refractivity contribution is -0.121. The molecular weight excluding hydrogens is 408 g/mol. The highest BCUT2D eigenvalue weighted by Crippen LogP contribution is 2.24. The number of carbonyl (C=O) groups excluding carboxylic acids is 1. The first-order valence-electron chi connectivity index (χ1n) is 10.5. The quantitative estimate of drug-likeness (QED) is 0.391. The van der Waals surface area contributed by atoms with Crippen LogP contribution in [0.25, 0.3) is 11.4 Å². The second kappa shape index (κ2) is 9.92. The van der Waals surface area contributed by atoms with Crippen LogP contribution in [0.1, 0.15) is 38.3 Å². The Morgan fingerprint density at radius 2 is 1.94 bits per heavy atom. The lowest BCUT2D eigenvalue weighted by Crippen LogP contribution is -2.28. The number of hydrogen-bond acceptors (Lipinski definition) is 4. The Labute approximate surface area is 188 Å². The molecule has 0 aliphatic rings. The van der Waals surface area contributed by atoms with E-state index in [9.17, 15) is 4.79 Å². The van der Waals surface area contributed by atoms with Crippen molar-refractivity contribution >= 4 is 18.1 Å². The average molecular weight is 439 g/mol. The maximum Gasteiger partial charge on any atom is 0.221 e. The van der Waals surface area contributed by atoms with Gasteiger partial charge in [-0.2, -0.15) is 5.10 Å². The lowest BCUT2D eigenvalue weighted by Gasteiger charge is -2.19. The molecule has 3 rings (SSSR count). The van der Waals surface area contributed by atoms with Crippen molar-refractivity contribution in [3.63, 3.8) is 0 Å². The molecule has 164 valence electrons. The number of aromatic nitrogens is 3. The molecule has 0 spiro atoms. The summed E-state index contributed by atoms with van der Waals surface area (Å²) in [6.07, 6.45) is 0.312. The van der Waals surface area contributed by atoms with E-state index in [0.717, 1.165) is 22.7 Å². The van der Waals surface area contributed by atoms with Crippen molar-refractivity contribution in [3.8, 4) is 17.1 Å². The van der Waals surface area contributed by atoms with Crippen molar-refractivity contribution in [2.45, 2.75) is 46.1 Å². The molecular formula is C24H30N4O2S. The zero-order valence-corrected chi connectivity index (χ0v) is 19.4. The van der Waals surface area contributed by atoms with E-state index < -0.39 is 0 Å². The number of H-pyrrole nitrogens is 1. The van der Waals surface area contributed by atoms with E-state index in [0.29, 0.717) is 30.9 Å². The summed E-state index contributed by atoms with van der Waals surface area (Å²) in [7, 11) is 0. The number of nitrogens with zero attached hydrogens (tertiary/aromatic N) is 2. The molecule has 31 heavy (non-hydrogen) atoms. The van der Waals surface area contributed by atoms with Gasteiger partial charge in [-0.3, -0.25) is 14.5 Å². The molecule has 6 nitrogen and oxygen atoms in total. The summed E-state index contributed by atoms with van der Waals surface area (Å²) >= 11 is 5.34. The number of aromatic amines is 1. The summed E-state index contributed by atoms with van der Waals surface area (Å²) in [5, 5.41) is 10.1. The standard InChI is InChI=1S/C24H30N4O2S/c1-17-6-5-7-18(16-17)22-26-27-23(31)28(22)14-12-21(29)25-13-15-30-20-10-8-19(9-11-20)24(2,3)4/h5-11,16H,12-15H2,1-4H3,(H,25,29)(H,27,31). The Bertz CT molecular complexity index is 1080. The minimum Gasteiger partial charge on any atom is -0.492 e. The molecule has 0 saturated carbocycles. The number of amides is 1. The molecule has 0 atom stereocenters. The van der Waals surface area contributed by atoms with Gasteiger partial charge in [-0.05, 0) is 48.3 Å². The summed E-state index contributed by atoms with van der Waals surface area (Å²) in [4.78, 5) is 12.3. The van der Waals surface area contributed by atoms with Crippen LogP contribution in [0.15, 0.2) is 48.5 Å². The molecule has 1 heterocycles. The molecule has 2 aromatic carbocycles. The van der Waals surface area contributed by atoms with Crippen LogP contribution < -0.4 is 10.1 Å². The van der Waals surface area contributed by atoms with Crippen molar-refractivity contribution in [1.82, 2.24) is 20.1 Å². The minimum atomic E-state index is -0.0510. The molecule has 1 aromatic heterocycles. The fraction of sp³-hybridized carbons (Fsp3) is 0.375. The van der Waals surface area contributed by atoms with Gasteiger partial charge in [0.15, 0.2) is 10.6 Å². The zero-order chi connectivity index (χ0) is 22.4. The van der Waals surface area contributed by atoms with Crippen molar-refractivity contribution in [2.75, 3.05) is 13.2 Å². The van der Waals surface area contributed by atoms with Gasteiger partial charge in [0.25, 0.3) is 0 Å². The second-order valence-corrected chi connectivity index (χ2v) is 8.98. The Hall–Kier alpha value is -2.93. The molecule has 2 N–H and O–H groups in total. The predicted molar refractivity (Wildman–Crippen MR) is 126 cm³/mol. The summed E-state index contributed by atoms with van der Waals surface area (Å²) in [6, 6.07) is 16.1. The predicted octanol–water partition coefficient (Wildman–Crippen LogP) is 4.80. The maximum absolute atomic E-state index is 12.3. The molecule has 0 radical (unpaired) electrons. The summed E-state index contributed by atoms with van der Waals surface area (Å²) < 4.78 is 8.09. The smallest absolute Gasteiger partial charge is 0.221 e. The summed E-state index contributed by atoms with van der Waals surface area (Å²) in [5.74, 6) is 1.49. The molecule has 0 fully saturated rings. The van der Waals surface area contributed by atoms with Gasteiger partial charge in [-0.1, -0.05) is 56.7 Å². The first-order valence-corrected chi connectivity index (χ1v) is 10.9. The van der Waals surface area contributed by atoms with Gasteiger partial charge in [-0.25, -0.2) is 0 Å². The highest BCUT2D eigenvalue weighted by atomic mass is 32.1. The molecule has 1 amide bonds. The monoisotopic (exact) mass is 438 g/mol. The third kappa shape index (κ3) is 6.28. The van der Waals surface area contributed by atoms with E-state index in [2.05, 4.69) is 48.4 Å². The third-order valence-electron chi connectivity index (χ3n) is 5.01. The lowest BCUT2D eigenvalue weighted by atomic mass is 9.87. The largest absolute Gasteiger partial charge is 0.492 e. The van der Waals surface area contributed by atoms with Gasteiger partial charge in [-0.15, -0.1) is 0 Å². The summed E-state index contributed by atoms with van der Waals surface area (Å²) in [5.41, 5.74) is 3.49. The third-order valence-corrected chi connectivity index (χ3v) is 5.32. The number of rotatable bonds is 8. The molecule has 0 bridgehead atoms. The second-order valence-electron chi connectivity index (χ2n) is 8.60. The first kappa shape index (κ1) is 22.7. The van der Waals surface area contributed by atoms with Gasteiger partial charge in [0, 0.05) is 18.5 Å². The summed E-state index contributed by atoms with van der Waals surface area (Å²) in [6.45, 7) is 9.89. The van der Waals surface area contributed by atoms with Crippen LogP contribution in [-0.4, -0.2) is 33.8 Å². The van der Waals surface area contributed by atoms with E-state index in [1.165, 1.54) is 5.56 Å². The normalized spacial score (nSPS) is 11.4. The van der Waals surface area contributed by atoms with Crippen LogP contribution in [0, 0.1) is 11.7 Å². The van der Waals surface area contributed by atoms with E-state index in [-0.39, 0.29) is 11.3 Å². The van der Waals surface area contributed by atoms with Crippen LogP contribution in [-0.2, 0) is 16.8 Å². The molecule has 0 aliphatic heterocycles. The van der Waals surface area contributed by atoms with Gasteiger partial charge < -0.3 is 10.1 Å². The van der Waals surface area contributed by atoms with Gasteiger partial charge in [0.05, 0.1) is 6.54 Å².